The quantitative estimate of drug-likeness (QED) is 0.686. The maximum atomic E-state index is 13.6. The first-order valence-corrected chi connectivity index (χ1v) is 9.26. The van der Waals surface area contributed by atoms with Crippen molar-refractivity contribution in [3.8, 4) is 17.5 Å². The molecule has 1 N–H and O–H groups in total. The first-order valence-electron chi connectivity index (χ1n) is 9.26. The molecule has 1 aliphatic rings. The van der Waals surface area contributed by atoms with E-state index in [4.69, 9.17) is 0 Å². The fourth-order valence-corrected chi connectivity index (χ4v) is 3.95. The summed E-state index contributed by atoms with van der Waals surface area (Å²) in [6.45, 7) is 5.00. The van der Waals surface area contributed by atoms with Crippen LogP contribution in [-0.4, -0.2) is 33.3 Å². The normalized spacial score (nSPS) is 16.1. The van der Waals surface area contributed by atoms with E-state index < -0.39 is 17.2 Å². The zero-order valence-electron chi connectivity index (χ0n) is 16.0. The molecule has 0 aromatic carbocycles. The topological polar surface area (TPSA) is 81.5 Å². The number of fused-ring (bicyclic) bond motifs is 1. The van der Waals surface area contributed by atoms with Gasteiger partial charge in [-0.2, -0.15) is 23.5 Å². The Kier molecular flexibility index (Phi) is 4.45. The predicted molar refractivity (Wildman–Crippen MR) is 104 cm³/mol. The fraction of sp³-hybridized carbons (Fsp3) is 0.400. The summed E-state index contributed by atoms with van der Waals surface area (Å²) in [7, 11) is 0. The van der Waals surface area contributed by atoms with E-state index in [1.54, 1.807) is 12.1 Å². The Hall–Kier alpha value is -3.15. The maximum absolute atomic E-state index is 13.6. The van der Waals surface area contributed by atoms with Gasteiger partial charge in [-0.1, -0.05) is 13.8 Å². The van der Waals surface area contributed by atoms with Gasteiger partial charge in [-0.15, -0.1) is 0 Å². The van der Waals surface area contributed by atoms with Gasteiger partial charge in [0, 0.05) is 26.1 Å². The van der Waals surface area contributed by atoms with E-state index in [-0.39, 0.29) is 12.8 Å². The highest BCUT2D eigenvalue weighted by Crippen LogP contribution is 2.42. The molecule has 4 rings (SSSR count). The van der Waals surface area contributed by atoms with Crippen molar-refractivity contribution in [2.45, 2.75) is 26.4 Å². The Labute approximate surface area is 166 Å². The molecule has 0 amide bonds. The van der Waals surface area contributed by atoms with Crippen LogP contribution >= 0.6 is 0 Å². The molecule has 0 aliphatic carbocycles. The van der Waals surface area contributed by atoms with Gasteiger partial charge in [0.1, 0.15) is 11.5 Å². The minimum Gasteiger partial charge on any atom is -0.353 e. The van der Waals surface area contributed by atoms with Gasteiger partial charge in [0.15, 0.2) is 5.65 Å². The van der Waals surface area contributed by atoms with Gasteiger partial charge in [-0.25, -0.2) is 9.97 Å². The van der Waals surface area contributed by atoms with Gasteiger partial charge in [0.05, 0.1) is 22.7 Å². The minimum absolute atomic E-state index is 0. The van der Waals surface area contributed by atoms with Gasteiger partial charge in [-0.3, -0.25) is 5.10 Å². The van der Waals surface area contributed by atoms with Crippen molar-refractivity contribution >= 4 is 16.9 Å². The molecule has 0 radical (unpaired) electrons. The summed E-state index contributed by atoms with van der Waals surface area (Å²) >= 11 is 0. The number of aromatic nitrogens is 4. The summed E-state index contributed by atoms with van der Waals surface area (Å²) in [4.78, 5) is 10.2. The maximum Gasteiger partial charge on any atom is 0.418 e. The van der Waals surface area contributed by atoms with Gasteiger partial charge in [0.2, 0.25) is 0 Å². The average molecular weight is 402 g/mol. The number of alkyl halides is 3. The van der Waals surface area contributed by atoms with Crippen LogP contribution in [0.2, 0.25) is 0 Å². The van der Waals surface area contributed by atoms with E-state index in [1.165, 1.54) is 12.3 Å². The first kappa shape index (κ1) is 19.2. The standard InChI is InChI=1S/C20H19F3N6.H2/c1-12(2)8-19(9-24)10-29(11-19)15-6-5-14(20(21,22)23)17(26-15)16-13-4-3-7-25-18(13)28-27-16;/h3-7,12H,8,10-11H2,1-2H3,(H,25,27,28);1H. The molecule has 0 spiro atoms. The van der Waals surface area contributed by atoms with Crippen LogP contribution < -0.4 is 4.90 Å². The second-order valence-corrected chi connectivity index (χ2v) is 7.88. The Morgan fingerprint density at radius 1 is 1.31 bits per heavy atom. The molecule has 1 fully saturated rings. The lowest BCUT2D eigenvalue weighted by Gasteiger charge is -2.47. The highest BCUT2D eigenvalue weighted by atomic mass is 19.4. The highest BCUT2D eigenvalue weighted by Gasteiger charge is 2.45. The van der Waals surface area contributed by atoms with Crippen LogP contribution in [0.1, 0.15) is 27.3 Å². The van der Waals surface area contributed by atoms with Crippen molar-refractivity contribution in [2.75, 3.05) is 18.0 Å². The Morgan fingerprint density at radius 3 is 2.72 bits per heavy atom. The molecule has 0 unspecified atom stereocenters. The second-order valence-electron chi connectivity index (χ2n) is 7.88. The number of rotatable bonds is 4. The van der Waals surface area contributed by atoms with Gasteiger partial charge >= 0.3 is 6.18 Å². The fourth-order valence-electron chi connectivity index (χ4n) is 3.95. The Balaban J connectivity index is 0.00000256. The molecule has 4 heterocycles. The van der Waals surface area contributed by atoms with Crippen molar-refractivity contribution in [3.05, 3.63) is 36.0 Å². The summed E-state index contributed by atoms with van der Waals surface area (Å²) in [6, 6.07) is 8.07. The van der Waals surface area contributed by atoms with Crippen molar-refractivity contribution in [1.82, 2.24) is 20.2 Å². The molecule has 0 saturated carbocycles. The van der Waals surface area contributed by atoms with Crippen molar-refractivity contribution in [3.63, 3.8) is 0 Å². The minimum atomic E-state index is -4.57. The van der Waals surface area contributed by atoms with Crippen LogP contribution in [0.25, 0.3) is 22.4 Å². The summed E-state index contributed by atoms with van der Waals surface area (Å²) in [6.07, 6.45) is -2.30. The van der Waals surface area contributed by atoms with Crippen LogP contribution in [0.5, 0.6) is 0 Å². The number of anilines is 1. The number of nitrogens with one attached hydrogen (secondary N) is 1. The van der Waals surface area contributed by atoms with Crippen LogP contribution in [0.3, 0.4) is 0 Å². The number of nitriles is 1. The lowest BCUT2D eigenvalue weighted by atomic mass is 9.75. The third-order valence-electron chi connectivity index (χ3n) is 5.10. The van der Waals surface area contributed by atoms with Gasteiger partial charge < -0.3 is 4.90 Å². The summed E-state index contributed by atoms with van der Waals surface area (Å²) in [5.41, 5.74) is -1.04. The van der Waals surface area contributed by atoms with Crippen molar-refractivity contribution in [2.24, 2.45) is 11.3 Å². The average Bonchev–Trinajstić information content (AvgIpc) is 3.07. The monoisotopic (exact) mass is 402 g/mol. The number of hydrogen-bond donors (Lipinski definition) is 1. The molecule has 0 atom stereocenters. The first-order chi connectivity index (χ1) is 13.7. The van der Waals surface area contributed by atoms with Crippen molar-refractivity contribution < 1.29 is 14.6 Å². The van der Waals surface area contributed by atoms with E-state index >= 15 is 0 Å². The molecule has 3 aromatic heterocycles. The Bertz CT molecular complexity index is 1100. The van der Waals surface area contributed by atoms with E-state index in [1.807, 2.05) is 18.7 Å². The zero-order valence-corrected chi connectivity index (χ0v) is 16.0. The zero-order chi connectivity index (χ0) is 20.8. The molecular formula is C20H21F3N6. The number of H-pyrrole nitrogens is 1. The van der Waals surface area contributed by atoms with Gasteiger partial charge in [-0.05, 0) is 36.6 Å². The van der Waals surface area contributed by atoms with E-state index in [9.17, 15) is 18.4 Å². The number of nitrogens with zero attached hydrogens (tertiary/aromatic N) is 5. The summed E-state index contributed by atoms with van der Waals surface area (Å²) in [5, 5.41) is 16.7. The predicted octanol–water partition coefficient (Wildman–Crippen LogP) is 4.66. The smallest absolute Gasteiger partial charge is 0.353 e. The summed E-state index contributed by atoms with van der Waals surface area (Å²) in [5.74, 6) is 0.769. The molecule has 6 nitrogen and oxygen atoms in total. The van der Waals surface area contributed by atoms with Crippen LogP contribution in [0, 0.1) is 22.7 Å². The lowest BCUT2D eigenvalue weighted by Crippen LogP contribution is -2.56. The molecule has 29 heavy (non-hydrogen) atoms. The molecule has 0 bridgehead atoms. The van der Waals surface area contributed by atoms with Crippen LogP contribution in [0.15, 0.2) is 30.5 Å². The molecule has 1 saturated heterocycles. The SMILES string of the molecule is CC(C)CC1(C#N)CN(c2ccc(C(F)(F)F)c(-c3[nH]nc4ncccc34)n2)C1.[HH]. The van der Waals surface area contributed by atoms with Gasteiger partial charge in [0.25, 0.3) is 0 Å². The number of halogens is 3. The van der Waals surface area contributed by atoms with Crippen molar-refractivity contribution in [1.29, 1.82) is 5.26 Å². The number of pyridine rings is 2. The molecule has 152 valence electrons. The molecule has 3 aromatic rings. The van der Waals surface area contributed by atoms with E-state index in [0.717, 1.165) is 12.5 Å². The summed E-state index contributed by atoms with van der Waals surface area (Å²) < 4.78 is 40.9. The van der Waals surface area contributed by atoms with E-state index in [0.29, 0.717) is 35.9 Å². The largest absolute Gasteiger partial charge is 0.418 e. The lowest BCUT2D eigenvalue weighted by molar-refractivity contribution is -0.137. The third-order valence-corrected chi connectivity index (χ3v) is 5.10. The van der Waals surface area contributed by atoms with Crippen LogP contribution in [-0.2, 0) is 6.18 Å². The second kappa shape index (κ2) is 6.72. The molecule has 1 aliphatic heterocycles. The van der Waals surface area contributed by atoms with Crippen LogP contribution in [0.4, 0.5) is 19.0 Å². The highest BCUT2D eigenvalue weighted by molar-refractivity contribution is 5.90. The number of aromatic amines is 1. The molecule has 9 heteroatoms. The Morgan fingerprint density at radius 2 is 2.07 bits per heavy atom. The third kappa shape index (κ3) is 3.39. The molecular weight excluding hydrogens is 381 g/mol. The van der Waals surface area contributed by atoms with E-state index in [2.05, 4.69) is 26.2 Å². The number of hydrogen-bond acceptors (Lipinski definition) is 5.